The molecule has 0 saturated carbocycles. The van der Waals surface area contributed by atoms with Crippen LogP contribution in [0, 0.1) is 11.5 Å². The fourth-order valence-corrected chi connectivity index (χ4v) is 8.84. The Kier molecular flexibility index (Phi) is 9.52. The van der Waals surface area contributed by atoms with Crippen LogP contribution >= 0.6 is 0 Å². The van der Waals surface area contributed by atoms with E-state index in [1.54, 1.807) is 6.07 Å². The summed E-state index contributed by atoms with van der Waals surface area (Å²) in [7, 11) is 0. The minimum Gasteiger partial charge on any atom is -0.507 e. The van der Waals surface area contributed by atoms with E-state index >= 15 is 0 Å². The summed E-state index contributed by atoms with van der Waals surface area (Å²) in [6.07, 6.45) is 4.59. The Labute approximate surface area is 332 Å². The number of aromatic hydroxyl groups is 1. The second-order valence-electron chi connectivity index (χ2n) is 15.8. The average Bonchev–Trinajstić information content (AvgIpc) is 3.70. The number of hydrogen-bond acceptors (Lipinski definition) is 4. The van der Waals surface area contributed by atoms with E-state index in [4.69, 9.17) is 14.7 Å². The van der Waals surface area contributed by atoms with Gasteiger partial charge in [-0.1, -0.05) is 118 Å². The number of aromatic nitrogens is 2. The van der Waals surface area contributed by atoms with Gasteiger partial charge in [0.05, 0.1) is 5.69 Å². The predicted molar refractivity (Wildman–Crippen MR) is 215 cm³/mol. The van der Waals surface area contributed by atoms with Crippen molar-refractivity contribution in [2.45, 2.75) is 65.2 Å². The smallest absolute Gasteiger partial charge is 0.222 e. The van der Waals surface area contributed by atoms with Crippen molar-refractivity contribution >= 4 is 10.8 Å². The van der Waals surface area contributed by atoms with Crippen molar-refractivity contribution in [1.82, 2.24) is 9.97 Å². The van der Waals surface area contributed by atoms with Crippen LogP contribution in [0.4, 0.5) is 0 Å². The largest absolute Gasteiger partial charge is 0.507 e. The molecule has 4 nitrogen and oxygen atoms in total. The van der Waals surface area contributed by atoms with E-state index in [1.165, 1.54) is 49.7 Å². The molecule has 5 heteroatoms. The molecule has 2 heterocycles. The standard InChI is InChI=1S/C49H43N2O2.Pt/c1-30(2)40-14-9-15-41(31(3)4)48(40)37-24-44(42-13-7-8-17-45(42)52)51-47(25-37)53-46-18-10-16-43(50-46)33-20-19-32-21-38-28-49(29-39(38)23-36(32)22-33)26-34-11-5-6-12-35(34)27-49;/h5-19,21-25,30-31,52H,26-29H2,1-4H3;/q-1;. The van der Waals surface area contributed by atoms with E-state index in [1.807, 2.05) is 42.5 Å². The van der Waals surface area contributed by atoms with Crippen molar-refractivity contribution in [3.05, 3.63) is 161 Å². The zero-order valence-electron chi connectivity index (χ0n) is 31.1. The first-order valence-corrected chi connectivity index (χ1v) is 18.8. The summed E-state index contributed by atoms with van der Waals surface area (Å²) < 4.78 is 6.52. The average molecular weight is 887 g/mol. The van der Waals surface area contributed by atoms with Crippen LogP contribution in [-0.2, 0) is 46.7 Å². The SMILES string of the molecule is CC(C)c1cccc(C(C)C)c1-c1cc(Oc2cccc(-c3[c-]cc4cc5c(cc4c3)CC3(Cc4ccccc4C3)C5)n2)nc(-c2ccccc2O)c1.[Pt]. The van der Waals surface area contributed by atoms with Crippen molar-refractivity contribution in [3.63, 3.8) is 0 Å². The van der Waals surface area contributed by atoms with Crippen molar-refractivity contribution in [2.24, 2.45) is 5.41 Å². The minimum atomic E-state index is 0. The molecule has 9 rings (SSSR count). The van der Waals surface area contributed by atoms with Crippen molar-refractivity contribution in [2.75, 3.05) is 0 Å². The summed E-state index contributed by atoms with van der Waals surface area (Å²) >= 11 is 0. The number of hydrogen-bond donors (Lipinski definition) is 1. The molecule has 0 saturated heterocycles. The third kappa shape index (κ3) is 6.67. The maximum absolute atomic E-state index is 10.9. The van der Waals surface area contributed by atoms with Crippen LogP contribution in [0.5, 0.6) is 17.5 Å². The molecule has 7 aromatic rings. The number of rotatable bonds is 7. The molecule has 0 aliphatic heterocycles. The normalized spacial score (nSPS) is 14.0. The Hall–Kier alpha value is -5.05. The zero-order valence-corrected chi connectivity index (χ0v) is 33.4. The quantitative estimate of drug-likeness (QED) is 0.162. The van der Waals surface area contributed by atoms with E-state index < -0.39 is 0 Å². The predicted octanol–water partition coefficient (Wildman–Crippen LogP) is 12.1. The molecule has 1 spiro atoms. The summed E-state index contributed by atoms with van der Waals surface area (Å²) in [4.78, 5) is 9.89. The summed E-state index contributed by atoms with van der Waals surface area (Å²) in [6, 6.07) is 45.4. The van der Waals surface area contributed by atoms with E-state index in [0.29, 0.717) is 40.3 Å². The molecular weight excluding hydrogens is 844 g/mol. The van der Waals surface area contributed by atoms with Crippen LogP contribution in [0.3, 0.4) is 0 Å². The third-order valence-electron chi connectivity index (χ3n) is 11.3. The molecule has 5 aromatic carbocycles. The van der Waals surface area contributed by atoms with Gasteiger partial charge in [-0.15, -0.1) is 29.1 Å². The van der Waals surface area contributed by atoms with E-state index in [9.17, 15) is 5.11 Å². The van der Waals surface area contributed by atoms with Crippen LogP contribution in [0.25, 0.3) is 44.4 Å². The maximum atomic E-state index is 10.9. The Morgan fingerprint density at radius 1 is 0.611 bits per heavy atom. The molecule has 0 radical (unpaired) electrons. The monoisotopic (exact) mass is 886 g/mol. The van der Waals surface area contributed by atoms with Crippen molar-refractivity contribution < 1.29 is 30.9 Å². The van der Waals surface area contributed by atoms with Crippen molar-refractivity contribution in [3.8, 4) is 51.2 Å². The zero-order chi connectivity index (χ0) is 36.3. The van der Waals surface area contributed by atoms with Crippen LogP contribution in [-0.4, -0.2) is 15.1 Å². The molecular formula is C49H43N2O2Pt-. The second-order valence-corrected chi connectivity index (χ2v) is 15.8. The molecule has 0 amide bonds. The van der Waals surface area contributed by atoms with Gasteiger partial charge in [0.15, 0.2) is 0 Å². The van der Waals surface area contributed by atoms with Crippen LogP contribution in [0.1, 0.15) is 72.9 Å². The number of benzene rings is 5. The summed E-state index contributed by atoms with van der Waals surface area (Å²) in [5.74, 6) is 1.66. The van der Waals surface area contributed by atoms with Gasteiger partial charge in [0, 0.05) is 32.7 Å². The van der Waals surface area contributed by atoms with Crippen LogP contribution < -0.4 is 4.74 Å². The Balaban J connectivity index is 0.00000413. The molecule has 1 N–H and O–H groups in total. The van der Waals surface area contributed by atoms with Gasteiger partial charge in [-0.3, -0.25) is 4.98 Å². The van der Waals surface area contributed by atoms with Crippen LogP contribution in [0.15, 0.2) is 121 Å². The minimum absolute atomic E-state index is 0. The van der Waals surface area contributed by atoms with Gasteiger partial charge in [-0.05, 0) is 112 Å². The molecule has 0 atom stereocenters. The van der Waals surface area contributed by atoms with Gasteiger partial charge in [-0.25, -0.2) is 4.98 Å². The fourth-order valence-electron chi connectivity index (χ4n) is 8.84. The first-order valence-electron chi connectivity index (χ1n) is 18.8. The Morgan fingerprint density at radius 2 is 1.22 bits per heavy atom. The third-order valence-corrected chi connectivity index (χ3v) is 11.3. The number of nitrogens with zero attached hydrogens (tertiary/aromatic N) is 2. The molecule has 0 fully saturated rings. The number of para-hydroxylation sites is 1. The Morgan fingerprint density at radius 3 is 1.91 bits per heavy atom. The van der Waals surface area contributed by atoms with Gasteiger partial charge in [0.1, 0.15) is 5.75 Å². The molecule has 2 aromatic heterocycles. The molecule has 54 heavy (non-hydrogen) atoms. The van der Waals surface area contributed by atoms with E-state index in [-0.39, 0.29) is 26.8 Å². The molecule has 0 bridgehead atoms. The maximum Gasteiger partial charge on any atom is 0.222 e. The number of phenolic OH excluding ortho intramolecular Hbond substituents is 1. The molecule has 272 valence electrons. The van der Waals surface area contributed by atoms with Gasteiger partial charge in [0.2, 0.25) is 11.8 Å². The Bertz CT molecular complexity index is 2490. The number of fused-ring (bicyclic) bond motifs is 3. The summed E-state index contributed by atoms with van der Waals surface area (Å²) in [6.45, 7) is 8.90. The van der Waals surface area contributed by atoms with E-state index in [0.717, 1.165) is 42.5 Å². The summed E-state index contributed by atoms with van der Waals surface area (Å²) in [5, 5.41) is 13.3. The number of phenols is 1. The van der Waals surface area contributed by atoms with Gasteiger partial charge < -0.3 is 9.84 Å². The molecule has 2 aliphatic carbocycles. The van der Waals surface area contributed by atoms with Crippen LogP contribution in [0.2, 0.25) is 0 Å². The number of ether oxygens (including phenoxy) is 1. The van der Waals surface area contributed by atoms with Crippen molar-refractivity contribution in [1.29, 1.82) is 0 Å². The van der Waals surface area contributed by atoms with E-state index in [2.05, 4.69) is 107 Å². The molecule has 2 aliphatic rings. The topological polar surface area (TPSA) is 55.2 Å². The van der Waals surface area contributed by atoms with Gasteiger partial charge >= 0.3 is 0 Å². The first-order chi connectivity index (χ1) is 25.7. The second kappa shape index (κ2) is 14.3. The van der Waals surface area contributed by atoms with Gasteiger partial charge in [-0.2, -0.15) is 0 Å². The fraction of sp³-hybridized carbons (Fsp3) is 0.224. The molecule has 0 unspecified atom stereocenters. The number of pyridine rings is 2. The van der Waals surface area contributed by atoms with Gasteiger partial charge in [0.25, 0.3) is 0 Å². The first kappa shape index (κ1) is 36.0. The summed E-state index contributed by atoms with van der Waals surface area (Å²) in [5.41, 5.74) is 14.0.